The molecule has 20 heavy (non-hydrogen) atoms. The van der Waals surface area contributed by atoms with Crippen molar-refractivity contribution in [2.75, 3.05) is 32.1 Å². The molecule has 1 aromatic carbocycles. The summed E-state index contributed by atoms with van der Waals surface area (Å²) in [5, 5.41) is 6.13. The third kappa shape index (κ3) is 3.71. The molecule has 0 aliphatic carbocycles. The molecule has 1 aliphatic heterocycles. The molecule has 0 radical (unpaired) electrons. The average molecular weight is 396 g/mol. The standard InChI is InChI=1S/C13H18F2N4.HI/c1-16-13(17-2)18-9-6-7-19(8-9)12-10(14)4-3-5-11(12)15;/h3-5,9H,6-8H2,1-2H3,(H2,16,17,18);1H. The zero-order valence-corrected chi connectivity index (χ0v) is 13.8. The van der Waals surface area contributed by atoms with Crippen LogP contribution >= 0.6 is 24.0 Å². The normalized spacial score (nSPS) is 18.7. The van der Waals surface area contributed by atoms with Gasteiger partial charge in [0.1, 0.15) is 17.3 Å². The van der Waals surface area contributed by atoms with E-state index in [0.29, 0.717) is 19.0 Å². The second kappa shape index (κ2) is 7.61. The van der Waals surface area contributed by atoms with Crippen LogP contribution < -0.4 is 15.5 Å². The van der Waals surface area contributed by atoms with Crippen molar-refractivity contribution in [2.24, 2.45) is 4.99 Å². The highest BCUT2D eigenvalue weighted by atomic mass is 127. The Morgan fingerprint density at radius 1 is 1.35 bits per heavy atom. The van der Waals surface area contributed by atoms with E-state index in [0.717, 1.165) is 6.42 Å². The number of aliphatic imine (C=N–C) groups is 1. The Bertz CT molecular complexity index is 461. The topological polar surface area (TPSA) is 39.7 Å². The van der Waals surface area contributed by atoms with Crippen LogP contribution in [0.1, 0.15) is 6.42 Å². The minimum atomic E-state index is -0.515. The summed E-state index contributed by atoms with van der Waals surface area (Å²) >= 11 is 0. The van der Waals surface area contributed by atoms with E-state index in [9.17, 15) is 8.78 Å². The maximum atomic E-state index is 13.7. The quantitative estimate of drug-likeness (QED) is 0.456. The molecule has 1 aromatic rings. The van der Waals surface area contributed by atoms with Gasteiger partial charge in [0.2, 0.25) is 0 Å². The lowest BCUT2D eigenvalue weighted by atomic mass is 10.2. The van der Waals surface area contributed by atoms with E-state index in [-0.39, 0.29) is 35.7 Å². The summed E-state index contributed by atoms with van der Waals surface area (Å²) in [5.74, 6) is -0.349. The van der Waals surface area contributed by atoms with Crippen LogP contribution in [0.25, 0.3) is 0 Å². The Kier molecular flexibility index (Phi) is 6.44. The largest absolute Gasteiger partial charge is 0.365 e. The van der Waals surface area contributed by atoms with Crippen molar-refractivity contribution in [1.82, 2.24) is 10.6 Å². The van der Waals surface area contributed by atoms with E-state index in [1.54, 1.807) is 19.0 Å². The lowest BCUT2D eigenvalue weighted by molar-refractivity contribution is 0.576. The van der Waals surface area contributed by atoms with Crippen LogP contribution in [0.15, 0.2) is 23.2 Å². The molecule has 1 unspecified atom stereocenters. The number of halogens is 3. The van der Waals surface area contributed by atoms with Gasteiger partial charge in [-0.1, -0.05) is 6.07 Å². The van der Waals surface area contributed by atoms with E-state index in [1.807, 2.05) is 0 Å². The summed E-state index contributed by atoms with van der Waals surface area (Å²) in [6, 6.07) is 4.07. The van der Waals surface area contributed by atoms with Crippen LogP contribution in [0.2, 0.25) is 0 Å². The van der Waals surface area contributed by atoms with E-state index in [2.05, 4.69) is 15.6 Å². The second-order valence-electron chi connectivity index (χ2n) is 4.47. The van der Waals surface area contributed by atoms with Crippen LogP contribution in [0, 0.1) is 11.6 Å². The van der Waals surface area contributed by atoms with Crippen LogP contribution in [-0.4, -0.2) is 39.2 Å². The summed E-state index contributed by atoms with van der Waals surface area (Å²) in [7, 11) is 3.46. The molecule has 2 N–H and O–H groups in total. The third-order valence-corrected chi connectivity index (χ3v) is 3.24. The molecule has 4 nitrogen and oxygen atoms in total. The molecule has 0 spiro atoms. The first kappa shape index (κ1) is 16.9. The highest BCUT2D eigenvalue weighted by molar-refractivity contribution is 14.0. The van der Waals surface area contributed by atoms with Gasteiger partial charge in [-0.2, -0.15) is 0 Å². The third-order valence-electron chi connectivity index (χ3n) is 3.24. The first-order valence-corrected chi connectivity index (χ1v) is 6.25. The second-order valence-corrected chi connectivity index (χ2v) is 4.47. The number of nitrogens with zero attached hydrogens (tertiary/aromatic N) is 2. The number of nitrogens with one attached hydrogen (secondary N) is 2. The lowest BCUT2D eigenvalue weighted by Gasteiger charge is -2.20. The van der Waals surface area contributed by atoms with E-state index < -0.39 is 11.6 Å². The first-order chi connectivity index (χ1) is 9.15. The Morgan fingerprint density at radius 2 is 2.00 bits per heavy atom. The molecule has 1 fully saturated rings. The Balaban J connectivity index is 0.00000200. The maximum Gasteiger partial charge on any atom is 0.190 e. The summed E-state index contributed by atoms with van der Waals surface area (Å²) in [4.78, 5) is 5.76. The van der Waals surface area contributed by atoms with Gasteiger partial charge >= 0.3 is 0 Å². The summed E-state index contributed by atoms with van der Waals surface area (Å²) in [5.41, 5.74) is 0.0613. The van der Waals surface area contributed by atoms with Gasteiger partial charge < -0.3 is 15.5 Å². The Hall–Kier alpha value is -1.12. The number of hydrogen-bond acceptors (Lipinski definition) is 2. The van der Waals surface area contributed by atoms with Crippen molar-refractivity contribution in [3.63, 3.8) is 0 Å². The fourth-order valence-electron chi connectivity index (χ4n) is 2.31. The van der Waals surface area contributed by atoms with Gasteiger partial charge in [0.05, 0.1) is 0 Å². The van der Waals surface area contributed by atoms with Crippen molar-refractivity contribution in [3.05, 3.63) is 29.8 Å². The van der Waals surface area contributed by atoms with Crippen LogP contribution in [0.3, 0.4) is 0 Å². The number of para-hydroxylation sites is 1. The van der Waals surface area contributed by atoms with E-state index in [4.69, 9.17) is 0 Å². The fourth-order valence-corrected chi connectivity index (χ4v) is 2.31. The number of hydrogen-bond donors (Lipinski definition) is 2. The van der Waals surface area contributed by atoms with Gasteiger partial charge in [-0.15, -0.1) is 24.0 Å². The molecule has 1 aliphatic rings. The molecular weight excluding hydrogens is 377 g/mol. The van der Waals surface area contributed by atoms with Crippen LogP contribution in [-0.2, 0) is 0 Å². The minimum absolute atomic E-state index is 0. The van der Waals surface area contributed by atoms with Gasteiger partial charge in [-0.3, -0.25) is 4.99 Å². The van der Waals surface area contributed by atoms with Crippen molar-refractivity contribution in [2.45, 2.75) is 12.5 Å². The summed E-state index contributed by atoms with van der Waals surface area (Å²) < 4.78 is 27.4. The molecular formula is C13H19F2IN4. The lowest BCUT2D eigenvalue weighted by Crippen LogP contribution is -2.43. The van der Waals surface area contributed by atoms with Crippen molar-refractivity contribution in [1.29, 1.82) is 0 Å². The van der Waals surface area contributed by atoms with Crippen molar-refractivity contribution in [3.8, 4) is 0 Å². The fraction of sp³-hybridized carbons (Fsp3) is 0.462. The summed E-state index contributed by atoms with van der Waals surface area (Å²) in [6.45, 7) is 1.18. The van der Waals surface area contributed by atoms with Crippen molar-refractivity contribution >= 4 is 35.6 Å². The van der Waals surface area contributed by atoms with Gasteiger partial charge in [-0.25, -0.2) is 8.78 Å². The summed E-state index contributed by atoms with van der Waals surface area (Å²) in [6.07, 6.45) is 0.814. The average Bonchev–Trinajstić information content (AvgIpc) is 2.84. The number of benzene rings is 1. The SMILES string of the molecule is CN=C(NC)NC1CCN(c2c(F)cccc2F)C1.I. The Morgan fingerprint density at radius 3 is 2.55 bits per heavy atom. The van der Waals surface area contributed by atoms with Crippen LogP contribution in [0.4, 0.5) is 14.5 Å². The first-order valence-electron chi connectivity index (χ1n) is 6.25. The minimum Gasteiger partial charge on any atom is -0.365 e. The zero-order chi connectivity index (χ0) is 13.8. The number of anilines is 1. The number of rotatable bonds is 2. The molecule has 1 saturated heterocycles. The van der Waals surface area contributed by atoms with E-state index >= 15 is 0 Å². The Labute approximate surface area is 134 Å². The molecule has 1 atom stereocenters. The monoisotopic (exact) mass is 396 g/mol. The smallest absolute Gasteiger partial charge is 0.190 e. The maximum absolute atomic E-state index is 13.7. The molecule has 0 saturated carbocycles. The van der Waals surface area contributed by atoms with Gasteiger partial charge in [0.15, 0.2) is 5.96 Å². The predicted octanol–water partition coefficient (Wildman–Crippen LogP) is 1.96. The van der Waals surface area contributed by atoms with Gasteiger partial charge in [-0.05, 0) is 18.6 Å². The van der Waals surface area contributed by atoms with Gasteiger partial charge in [0.25, 0.3) is 0 Å². The molecule has 2 rings (SSSR count). The zero-order valence-electron chi connectivity index (χ0n) is 11.5. The van der Waals surface area contributed by atoms with Gasteiger partial charge in [0, 0.05) is 33.2 Å². The van der Waals surface area contributed by atoms with E-state index in [1.165, 1.54) is 18.2 Å². The molecule has 0 amide bonds. The molecule has 112 valence electrons. The highest BCUT2D eigenvalue weighted by Gasteiger charge is 2.26. The molecule has 7 heteroatoms. The predicted molar refractivity (Wildman–Crippen MR) is 87.9 cm³/mol. The molecule has 0 bridgehead atoms. The number of guanidine groups is 1. The van der Waals surface area contributed by atoms with Crippen LogP contribution in [0.5, 0.6) is 0 Å². The highest BCUT2D eigenvalue weighted by Crippen LogP contribution is 2.26. The molecule has 1 heterocycles. The molecule has 0 aromatic heterocycles. The van der Waals surface area contributed by atoms with Crippen molar-refractivity contribution < 1.29 is 8.78 Å².